The Morgan fingerprint density at radius 1 is 0.955 bits per heavy atom. The van der Waals surface area contributed by atoms with Gasteiger partial charge in [0.15, 0.2) is 0 Å². The zero-order valence-corrected chi connectivity index (χ0v) is 13.5. The number of nitrogens with one attached hydrogen (secondary N) is 1. The van der Waals surface area contributed by atoms with Gasteiger partial charge < -0.3 is 5.32 Å². The summed E-state index contributed by atoms with van der Waals surface area (Å²) in [5.41, 5.74) is 3.69. The highest BCUT2D eigenvalue weighted by molar-refractivity contribution is 5.85. The van der Waals surface area contributed by atoms with E-state index in [1.165, 1.54) is 16.5 Å². The molecular formula is C19H21N3. The number of aryl methyl sites for hydroxylation is 1. The molecule has 2 heterocycles. The molecule has 3 rings (SSSR count). The monoisotopic (exact) mass is 291 g/mol. The van der Waals surface area contributed by atoms with Gasteiger partial charge >= 0.3 is 0 Å². The van der Waals surface area contributed by atoms with E-state index in [4.69, 9.17) is 0 Å². The minimum absolute atomic E-state index is 0.110. The zero-order chi connectivity index (χ0) is 15.7. The van der Waals surface area contributed by atoms with Crippen molar-refractivity contribution in [1.29, 1.82) is 0 Å². The van der Waals surface area contributed by atoms with Gasteiger partial charge in [-0.3, -0.25) is 4.98 Å². The lowest BCUT2D eigenvalue weighted by molar-refractivity contribution is 0.585. The molecule has 2 aromatic heterocycles. The molecule has 0 amide bonds. The third kappa shape index (κ3) is 2.93. The Morgan fingerprint density at radius 3 is 2.55 bits per heavy atom. The van der Waals surface area contributed by atoms with Crippen LogP contribution < -0.4 is 5.32 Å². The summed E-state index contributed by atoms with van der Waals surface area (Å²) in [6, 6.07) is 10.4. The van der Waals surface area contributed by atoms with Gasteiger partial charge in [-0.25, -0.2) is 4.98 Å². The summed E-state index contributed by atoms with van der Waals surface area (Å²) in [6.07, 6.45) is 5.63. The van der Waals surface area contributed by atoms with E-state index < -0.39 is 0 Å². The molecule has 0 spiro atoms. The molecular weight excluding hydrogens is 270 g/mol. The first-order valence-corrected chi connectivity index (χ1v) is 7.51. The molecule has 3 heteroatoms. The van der Waals surface area contributed by atoms with Crippen LogP contribution >= 0.6 is 0 Å². The Hall–Kier alpha value is -2.42. The number of rotatable bonds is 2. The predicted molar refractivity (Wildman–Crippen MR) is 92.7 cm³/mol. The number of fused-ring (bicyclic) bond motifs is 1. The second kappa shape index (κ2) is 5.41. The van der Waals surface area contributed by atoms with Crippen molar-refractivity contribution in [2.24, 2.45) is 0 Å². The highest BCUT2D eigenvalue weighted by atomic mass is 15.0. The first-order valence-electron chi connectivity index (χ1n) is 7.51. The normalized spacial score (nSPS) is 11.6. The van der Waals surface area contributed by atoms with Crippen LogP contribution in [0.1, 0.15) is 31.9 Å². The summed E-state index contributed by atoms with van der Waals surface area (Å²) < 4.78 is 0. The van der Waals surface area contributed by atoms with E-state index in [-0.39, 0.29) is 5.41 Å². The maximum atomic E-state index is 4.50. The summed E-state index contributed by atoms with van der Waals surface area (Å²) in [6.45, 7) is 8.78. The van der Waals surface area contributed by atoms with Crippen LogP contribution in [-0.2, 0) is 5.41 Å². The molecule has 22 heavy (non-hydrogen) atoms. The number of hydrogen-bond acceptors (Lipinski definition) is 3. The van der Waals surface area contributed by atoms with Crippen molar-refractivity contribution >= 4 is 22.3 Å². The first kappa shape index (κ1) is 14.5. The maximum Gasteiger partial charge on any atom is 0.130 e. The molecule has 0 radical (unpaired) electrons. The quantitative estimate of drug-likeness (QED) is 0.723. The summed E-state index contributed by atoms with van der Waals surface area (Å²) in [5.74, 6) is 0.879. The number of hydrogen-bond donors (Lipinski definition) is 1. The van der Waals surface area contributed by atoms with Crippen LogP contribution in [0.2, 0.25) is 0 Å². The van der Waals surface area contributed by atoms with Crippen molar-refractivity contribution in [1.82, 2.24) is 9.97 Å². The van der Waals surface area contributed by atoms with E-state index in [9.17, 15) is 0 Å². The van der Waals surface area contributed by atoms with Crippen LogP contribution in [0.5, 0.6) is 0 Å². The first-order chi connectivity index (χ1) is 10.4. The lowest BCUT2D eigenvalue weighted by Gasteiger charge is -2.22. The van der Waals surface area contributed by atoms with Crippen LogP contribution in [0.25, 0.3) is 10.8 Å². The van der Waals surface area contributed by atoms with Crippen LogP contribution in [0.15, 0.2) is 48.9 Å². The Bertz CT molecular complexity index is 816. The average Bonchev–Trinajstić information content (AvgIpc) is 2.48. The van der Waals surface area contributed by atoms with Gasteiger partial charge in [0.1, 0.15) is 5.82 Å². The zero-order valence-electron chi connectivity index (χ0n) is 13.5. The van der Waals surface area contributed by atoms with Gasteiger partial charge in [0, 0.05) is 29.7 Å². The van der Waals surface area contributed by atoms with Crippen molar-refractivity contribution in [2.75, 3.05) is 5.32 Å². The van der Waals surface area contributed by atoms with Crippen LogP contribution in [0.4, 0.5) is 11.5 Å². The average molecular weight is 291 g/mol. The van der Waals surface area contributed by atoms with Gasteiger partial charge in [-0.15, -0.1) is 0 Å². The molecule has 0 atom stereocenters. The Morgan fingerprint density at radius 2 is 1.77 bits per heavy atom. The maximum absolute atomic E-state index is 4.50. The van der Waals surface area contributed by atoms with E-state index in [1.807, 2.05) is 24.7 Å². The SMILES string of the molecule is Cc1cnc(Nc2ccc3cnccc3c2)cc1C(C)(C)C. The molecule has 0 aliphatic rings. The largest absolute Gasteiger partial charge is 0.340 e. The molecule has 1 aromatic carbocycles. The Balaban J connectivity index is 1.94. The highest BCUT2D eigenvalue weighted by Gasteiger charge is 2.17. The molecule has 112 valence electrons. The highest BCUT2D eigenvalue weighted by Crippen LogP contribution is 2.28. The summed E-state index contributed by atoms with van der Waals surface area (Å²) in [4.78, 5) is 8.65. The summed E-state index contributed by atoms with van der Waals surface area (Å²) in [7, 11) is 0. The van der Waals surface area contributed by atoms with Crippen molar-refractivity contribution in [3.63, 3.8) is 0 Å². The lowest BCUT2D eigenvalue weighted by Crippen LogP contribution is -2.14. The minimum atomic E-state index is 0.110. The van der Waals surface area contributed by atoms with Gasteiger partial charge in [-0.05, 0) is 53.1 Å². The smallest absolute Gasteiger partial charge is 0.130 e. The van der Waals surface area contributed by atoms with E-state index >= 15 is 0 Å². The lowest BCUT2D eigenvalue weighted by atomic mass is 9.85. The molecule has 0 aliphatic heterocycles. The molecule has 0 unspecified atom stereocenters. The fourth-order valence-corrected chi connectivity index (χ4v) is 2.71. The third-order valence-electron chi connectivity index (χ3n) is 3.82. The molecule has 0 bridgehead atoms. The second-order valence-corrected chi connectivity index (χ2v) is 6.70. The number of nitrogens with zero attached hydrogens (tertiary/aromatic N) is 2. The number of aromatic nitrogens is 2. The number of benzene rings is 1. The van der Waals surface area contributed by atoms with Crippen molar-refractivity contribution in [3.8, 4) is 0 Å². The van der Waals surface area contributed by atoms with E-state index in [2.05, 4.69) is 67.2 Å². The van der Waals surface area contributed by atoms with E-state index in [0.717, 1.165) is 16.9 Å². The van der Waals surface area contributed by atoms with E-state index in [1.54, 1.807) is 0 Å². The van der Waals surface area contributed by atoms with Gasteiger partial charge in [-0.2, -0.15) is 0 Å². The van der Waals surface area contributed by atoms with Crippen LogP contribution in [-0.4, -0.2) is 9.97 Å². The molecule has 1 N–H and O–H groups in total. The standard InChI is InChI=1S/C19H21N3/c1-13-11-21-18(10-17(13)19(2,3)4)22-16-6-5-15-12-20-8-7-14(15)9-16/h5-12H,1-4H3,(H,21,22). The summed E-state index contributed by atoms with van der Waals surface area (Å²) >= 11 is 0. The molecule has 3 nitrogen and oxygen atoms in total. The Labute approximate surface area is 131 Å². The topological polar surface area (TPSA) is 37.8 Å². The molecule has 3 aromatic rings. The molecule has 0 saturated heterocycles. The minimum Gasteiger partial charge on any atom is -0.340 e. The number of anilines is 2. The molecule has 0 saturated carbocycles. The summed E-state index contributed by atoms with van der Waals surface area (Å²) in [5, 5.41) is 5.71. The van der Waals surface area contributed by atoms with Crippen molar-refractivity contribution in [2.45, 2.75) is 33.1 Å². The van der Waals surface area contributed by atoms with Gasteiger partial charge in [-0.1, -0.05) is 26.8 Å². The van der Waals surface area contributed by atoms with Gasteiger partial charge in [0.25, 0.3) is 0 Å². The molecule has 0 fully saturated rings. The predicted octanol–water partition coefficient (Wildman–Crippen LogP) is 4.98. The van der Waals surface area contributed by atoms with Crippen molar-refractivity contribution in [3.05, 3.63) is 60.0 Å². The van der Waals surface area contributed by atoms with E-state index in [0.29, 0.717) is 0 Å². The number of pyridine rings is 2. The van der Waals surface area contributed by atoms with Gasteiger partial charge in [0.2, 0.25) is 0 Å². The fraction of sp³-hybridized carbons (Fsp3) is 0.263. The fourth-order valence-electron chi connectivity index (χ4n) is 2.71. The molecule has 0 aliphatic carbocycles. The van der Waals surface area contributed by atoms with Crippen molar-refractivity contribution < 1.29 is 0 Å². The Kier molecular flexibility index (Phi) is 3.57. The van der Waals surface area contributed by atoms with Crippen LogP contribution in [0, 0.1) is 6.92 Å². The van der Waals surface area contributed by atoms with Gasteiger partial charge in [0.05, 0.1) is 0 Å². The van der Waals surface area contributed by atoms with Crippen LogP contribution in [0.3, 0.4) is 0 Å². The second-order valence-electron chi connectivity index (χ2n) is 6.70. The third-order valence-corrected chi connectivity index (χ3v) is 3.82.